The molecule has 0 aliphatic carbocycles. The van der Waals surface area contributed by atoms with Crippen LogP contribution in [0.15, 0.2) is 24.3 Å². The van der Waals surface area contributed by atoms with Crippen LogP contribution in [0.25, 0.3) is 0 Å². The van der Waals surface area contributed by atoms with Gasteiger partial charge in [0.2, 0.25) is 5.91 Å². The smallest absolute Gasteiger partial charge is 0.220 e. The van der Waals surface area contributed by atoms with Crippen LogP contribution in [0.1, 0.15) is 43.7 Å². The molecule has 24 heavy (non-hydrogen) atoms. The van der Waals surface area contributed by atoms with Crippen molar-refractivity contribution >= 4 is 27.5 Å². The Hall–Kier alpha value is -0.720. The Bertz CT molecular complexity index is 521. The second-order valence-corrected chi connectivity index (χ2v) is 9.20. The summed E-state index contributed by atoms with van der Waals surface area (Å²) in [5, 5.41) is 3.78. The van der Waals surface area contributed by atoms with Gasteiger partial charge in [-0.05, 0) is 51.1 Å². The molecule has 0 bridgehead atoms. The number of carbonyl (C=O) groups excluding carboxylic acids is 1. The number of nitrogens with one attached hydrogen (secondary N) is 1. The van der Waals surface area contributed by atoms with E-state index in [1.165, 1.54) is 30.7 Å². The maximum Gasteiger partial charge on any atom is 0.220 e. The zero-order valence-electron chi connectivity index (χ0n) is 14.5. The van der Waals surface area contributed by atoms with Gasteiger partial charge in [0.05, 0.1) is 6.04 Å². The van der Waals surface area contributed by atoms with Crippen LogP contribution in [0.2, 0.25) is 0 Å². The van der Waals surface area contributed by atoms with E-state index in [1.807, 2.05) is 46.6 Å². The second kappa shape index (κ2) is 10.3. The predicted molar refractivity (Wildman–Crippen MR) is 103 cm³/mol. The molecule has 3 nitrogen and oxygen atoms in total. The highest BCUT2D eigenvalue weighted by Crippen LogP contribution is 2.39. The summed E-state index contributed by atoms with van der Waals surface area (Å²) in [6.45, 7) is 0.504. The van der Waals surface area contributed by atoms with Crippen molar-refractivity contribution in [2.75, 3.05) is 26.4 Å². The molecule has 0 spiro atoms. The number of benzene rings is 1. The molecule has 2 rings (SSSR count). The number of halogens is 1. The first-order valence-corrected chi connectivity index (χ1v) is 10.9. The van der Waals surface area contributed by atoms with Gasteiger partial charge in [0, 0.05) is 24.0 Å². The van der Waals surface area contributed by atoms with Crippen LogP contribution in [0.3, 0.4) is 0 Å². The number of unbranched alkanes of at least 4 members (excludes halogenated alkanes) is 1. The second-order valence-electron chi connectivity index (χ2n) is 6.41. The Labute approximate surface area is 152 Å². The van der Waals surface area contributed by atoms with E-state index in [-0.39, 0.29) is 17.8 Å². The van der Waals surface area contributed by atoms with Gasteiger partial charge in [-0.1, -0.05) is 40.1 Å². The fraction of sp³-hybridized carbons (Fsp3) is 0.611. The Morgan fingerprint density at radius 1 is 1.42 bits per heavy atom. The molecule has 1 aliphatic rings. The number of rotatable bonds is 9. The third-order valence-electron chi connectivity index (χ3n) is 4.26. The highest BCUT2D eigenvalue weighted by atomic mass is 33.1. The molecule has 1 aromatic carbocycles. The zero-order valence-corrected chi connectivity index (χ0v) is 16.1. The molecule has 134 valence electrons. The van der Waals surface area contributed by atoms with E-state index in [9.17, 15) is 9.18 Å². The van der Waals surface area contributed by atoms with Gasteiger partial charge in [0.25, 0.3) is 0 Å². The largest absolute Gasteiger partial charge is 0.354 e. The summed E-state index contributed by atoms with van der Waals surface area (Å²) in [4.78, 5) is 14.1. The fourth-order valence-electron chi connectivity index (χ4n) is 2.83. The van der Waals surface area contributed by atoms with E-state index in [0.717, 1.165) is 23.7 Å². The number of hydrogen-bond acceptors (Lipinski definition) is 4. The fourth-order valence-corrected chi connectivity index (χ4v) is 5.86. The first-order chi connectivity index (χ1) is 11.6. The van der Waals surface area contributed by atoms with Gasteiger partial charge in [-0.2, -0.15) is 0 Å². The average Bonchev–Trinajstić information content (AvgIpc) is 3.05. The van der Waals surface area contributed by atoms with E-state index >= 15 is 0 Å². The highest BCUT2D eigenvalue weighted by Gasteiger charge is 2.17. The van der Waals surface area contributed by atoms with Crippen molar-refractivity contribution in [2.45, 2.75) is 43.4 Å². The molecule has 1 aliphatic heterocycles. The minimum Gasteiger partial charge on any atom is -0.354 e. The Kier molecular flexibility index (Phi) is 8.42. The molecule has 6 heteroatoms. The third-order valence-corrected chi connectivity index (χ3v) is 7.26. The van der Waals surface area contributed by atoms with E-state index in [2.05, 4.69) is 5.32 Å². The van der Waals surface area contributed by atoms with Crippen molar-refractivity contribution in [3.05, 3.63) is 35.6 Å². The van der Waals surface area contributed by atoms with Gasteiger partial charge in [-0.15, -0.1) is 0 Å². The van der Waals surface area contributed by atoms with Crippen LogP contribution in [0.5, 0.6) is 0 Å². The zero-order chi connectivity index (χ0) is 17.4. The van der Waals surface area contributed by atoms with Gasteiger partial charge in [0.15, 0.2) is 0 Å². The van der Waals surface area contributed by atoms with Gasteiger partial charge >= 0.3 is 0 Å². The van der Waals surface area contributed by atoms with Crippen molar-refractivity contribution in [2.24, 2.45) is 0 Å². The monoisotopic (exact) mass is 370 g/mol. The first kappa shape index (κ1) is 19.6. The summed E-state index contributed by atoms with van der Waals surface area (Å²) < 4.78 is 13.4. The molecule has 1 fully saturated rings. The SMILES string of the molecule is CN(C)C(CNC(=O)CCCCC1CCSS1)c1cccc(F)c1. The summed E-state index contributed by atoms with van der Waals surface area (Å²) in [5.41, 5.74) is 0.885. The molecular formula is C18H27FN2OS2. The number of nitrogens with zero attached hydrogens (tertiary/aromatic N) is 1. The summed E-state index contributed by atoms with van der Waals surface area (Å²) in [6, 6.07) is 6.57. The topological polar surface area (TPSA) is 32.3 Å². The summed E-state index contributed by atoms with van der Waals surface area (Å²) in [5.74, 6) is 1.11. The average molecular weight is 371 g/mol. The Balaban J connectivity index is 1.70. The molecular weight excluding hydrogens is 343 g/mol. The van der Waals surface area contributed by atoms with E-state index in [1.54, 1.807) is 6.07 Å². The van der Waals surface area contributed by atoms with Crippen molar-refractivity contribution < 1.29 is 9.18 Å². The summed E-state index contributed by atoms with van der Waals surface area (Å²) in [6.07, 6.45) is 5.16. The molecule has 0 radical (unpaired) electrons. The number of carbonyl (C=O) groups is 1. The predicted octanol–water partition coefficient (Wildman–Crippen LogP) is 4.26. The standard InChI is InChI=1S/C18H27FN2OS2/c1-21(2)17(14-6-5-7-15(19)12-14)13-20-18(22)9-4-3-8-16-10-11-23-24-16/h5-7,12,16-17H,3-4,8-11,13H2,1-2H3,(H,20,22). The van der Waals surface area contributed by atoms with Crippen LogP contribution in [0.4, 0.5) is 4.39 Å². The minimum atomic E-state index is -0.242. The van der Waals surface area contributed by atoms with E-state index in [4.69, 9.17) is 0 Å². The van der Waals surface area contributed by atoms with Crippen molar-refractivity contribution in [1.29, 1.82) is 0 Å². The lowest BCUT2D eigenvalue weighted by Gasteiger charge is -2.25. The maximum absolute atomic E-state index is 13.4. The van der Waals surface area contributed by atoms with Crippen molar-refractivity contribution in [3.63, 3.8) is 0 Å². The highest BCUT2D eigenvalue weighted by molar-refractivity contribution is 8.77. The number of hydrogen-bond donors (Lipinski definition) is 1. The lowest BCUT2D eigenvalue weighted by Crippen LogP contribution is -2.34. The first-order valence-electron chi connectivity index (χ1n) is 8.53. The summed E-state index contributed by atoms with van der Waals surface area (Å²) in [7, 11) is 7.85. The molecule has 1 aromatic rings. The lowest BCUT2D eigenvalue weighted by atomic mass is 10.1. The van der Waals surface area contributed by atoms with E-state index < -0.39 is 0 Å². The molecule has 2 atom stereocenters. The number of likely N-dealkylation sites (N-methyl/N-ethyl adjacent to an activating group) is 1. The molecule has 1 amide bonds. The molecule has 0 aromatic heterocycles. The maximum atomic E-state index is 13.4. The van der Waals surface area contributed by atoms with Crippen LogP contribution in [-0.4, -0.2) is 42.4 Å². The number of amides is 1. The van der Waals surface area contributed by atoms with Gasteiger partial charge in [-0.25, -0.2) is 4.39 Å². The summed E-state index contributed by atoms with van der Waals surface area (Å²) >= 11 is 0. The normalized spacial score (nSPS) is 18.8. The minimum absolute atomic E-state index is 0.0171. The van der Waals surface area contributed by atoms with E-state index in [0.29, 0.717) is 13.0 Å². The quantitative estimate of drug-likeness (QED) is 0.520. The third kappa shape index (κ3) is 6.65. The lowest BCUT2D eigenvalue weighted by molar-refractivity contribution is -0.121. The van der Waals surface area contributed by atoms with Crippen molar-refractivity contribution in [1.82, 2.24) is 10.2 Å². The van der Waals surface area contributed by atoms with Crippen LogP contribution < -0.4 is 5.32 Å². The Morgan fingerprint density at radius 2 is 2.25 bits per heavy atom. The van der Waals surface area contributed by atoms with Gasteiger partial charge in [0.1, 0.15) is 5.82 Å². The molecule has 0 saturated carbocycles. The van der Waals surface area contributed by atoms with Crippen LogP contribution in [-0.2, 0) is 4.79 Å². The molecule has 1 N–H and O–H groups in total. The molecule has 2 unspecified atom stereocenters. The Morgan fingerprint density at radius 3 is 2.92 bits per heavy atom. The van der Waals surface area contributed by atoms with Crippen LogP contribution >= 0.6 is 21.6 Å². The molecule has 1 heterocycles. The van der Waals surface area contributed by atoms with Crippen molar-refractivity contribution in [3.8, 4) is 0 Å². The molecule has 1 saturated heterocycles. The van der Waals surface area contributed by atoms with Crippen LogP contribution in [0, 0.1) is 5.82 Å². The van der Waals surface area contributed by atoms with Gasteiger partial charge < -0.3 is 10.2 Å². The van der Waals surface area contributed by atoms with Gasteiger partial charge in [-0.3, -0.25) is 4.79 Å².